The van der Waals surface area contributed by atoms with Crippen LogP contribution in [-0.4, -0.2) is 37.2 Å². The summed E-state index contributed by atoms with van der Waals surface area (Å²) in [7, 11) is 0. The van der Waals surface area contributed by atoms with Crippen LogP contribution in [0.4, 0.5) is 0 Å². The van der Waals surface area contributed by atoms with E-state index in [4.69, 9.17) is 14.2 Å². The van der Waals surface area contributed by atoms with Crippen molar-refractivity contribution in [3.63, 3.8) is 0 Å². The van der Waals surface area contributed by atoms with Gasteiger partial charge in [-0.3, -0.25) is 14.4 Å². The molecular weight excluding hydrogens is 877 g/mol. The summed E-state index contributed by atoms with van der Waals surface area (Å²) in [6.07, 6.45) is 84.9. The standard InChI is InChI=1S/C65H98O6/c1-4-7-10-13-16-19-22-25-28-30-32-34-37-40-43-46-49-52-55-58-64(67)70-61-62(60-69-63(66)57-54-51-48-45-42-39-36-27-24-21-18-15-12-9-6-3)71-65(68)59-56-53-50-47-44-41-38-35-33-31-29-26-23-20-17-14-11-8-5-2/h7-8,10-11,16-21,25-29,32-36,40-45,49,52,62H,4-6,9,12-15,22-24,30-31,37-39,46-48,50-51,53-61H2,1-3H3/b10-7-,11-8-,19-16-,20-17-,21-18-,28-25-,29-26-,34-32-,35-33-,36-27-,43-40-,44-41-,45-42-,52-49-/t62-/m1/s1. The van der Waals surface area contributed by atoms with Crippen molar-refractivity contribution in [2.45, 2.75) is 207 Å². The van der Waals surface area contributed by atoms with Crippen molar-refractivity contribution < 1.29 is 28.6 Å². The summed E-state index contributed by atoms with van der Waals surface area (Å²) in [5.41, 5.74) is 0. The SMILES string of the molecule is CC/C=C\C/C=C\C/C=C\C/C=C\C/C=C\C/C=C\CCC(=O)OC[C@@H](COC(=O)CCCC/C=C\C/C=C\C/C=C\CCCCC)OC(=O)CCCCC/C=C\C/C=C\C/C=C\C/C=C\C/C=C\CC. The van der Waals surface area contributed by atoms with E-state index in [9.17, 15) is 14.4 Å². The first kappa shape index (κ1) is 65.8. The highest BCUT2D eigenvalue weighted by molar-refractivity contribution is 5.71. The lowest BCUT2D eigenvalue weighted by Gasteiger charge is -2.18. The van der Waals surface area contributed by atoms with Crippen molar-refractivity contribution in [3.8, 4) is 0 Å². The van der Waals surface area contributed by atoms with Crippen LogP contribution in [0.25, 0.3) is 0 Å². The average Bonchev–Trinajstić information content (AvgIpc) is 3.37. The summed E-state index contributed by atoms with van der Waals surface area (Å²) in [5, 5.41) is 0. The quantitative estimate of drug-likeness (QED) is 0.0262. The number of hydrogen-bond acceptors (Lipinski definition) is 6. The number of carbonyl (C=O) groups is 3. The van der Waals surface area contributed by atoms with E-state index in [0.717, 1.165) is 116 Å². The largest absolute Gasteiger partial charge is 0.462 e. The predicted octanol–water partition coefficient (Wildman–Crippen LogP) is 18.8. The maximum atomic E-state index is 12.8. The van der Waals surface area contributed by atoms with E-state index in [1.807, 2.05) is 12.2 Å². The molecule has 0 aliphatic rings. The Morgan fingerprint density at radius 1 is 0.296 bits per heavy atom. The fourth-order valence-corrected chi connectivity index (χ4v) is 6.62. The van der Waals surface area contributed by atoms with Crippen LogP contribution in [-0.2, 0) is 28.6 Å². The van der Waals surface area contributed by atoms with Gasteiger partial charge in [0, 0.05) is 19.3 Å². The molecule has 0 unspecified atom stereocenters. The van der Waals surface area contributed by atoms with Gasteiger partial charge >= 0.3 is 17.9 Å². The lowest BCUT2D eigenvalue weighted by atomic mass is 10.1. The van der Waals surface area contributed by atoms with Crippen molar-refractivity contribution >= 4 is 17.9 Å². The molecule has 71 heavy (non-hydrogen) atoms. The monoisotopic (exact) mass is 975 g/mol. The van der Waals surface area contributed by atoms with Gasteiger partial charge < -0.3 is 14.2 Å². The van der Waals surface area contributed by atoms with E-state index in [2.05, 4.69) is 179 Å². The number of hydrogen-bond donors (Lipinski definition) is 0. The fraction of sp³-hybridized carbons (Fsp3) is 0.523. The second kappa shape index (κ2) is 57.3. The topological polar surface area (TPSA) is 78.9 Å². The van der Waals surface area contributed by atoms with Gasteiger partial charge in [-0.25, -0.2) is 0 Å². The van der Waals surface area contributed by atoms with Gasteiger partial charge in [0.05, 0.1) is 0 Å². The van der Waals surface area contributed by atoms with Crippen molar-refractivity contribution in [2.75, 3.05) is 13.2 Å². The number of unbranched alkanes of at least 4 members (excludes halogenated alkanes) is 8. The molecule has 6 nitrogen and oxygen atoms in total. The first-order valence-corrected chi connectivity index (χ1v) is 27.6. The third-order valence-corrected chi connectivity index (χ3v) is 10.7. The van der Waals surface area contributed by atoms with E-state index in [1.54, 1.807) is 0 Å². The van der Waals surface area contributed by atoms with Crippen LogP contribution < -0.4 is 0 Å². The molecule has 0 fully saturated rings. The molecule has 6 heteroatoms. The van der Waals surface area contributed by atoms with E-state index >= 15 is 0 Å². The minimum Gasteiger partial charge on any atom is -0.462 e. The van der Waals surface area contributed by atoms with Gasteiger partial charge in [0.2, 0.25) is 0 Å². The summed E-state index contributed by atoms with van der Waals surface area (Å²) >= 11 is 0. The molecule has 0 aliphatic carbocycles. The number of carbonyl (C=O) groups excluding carboxylic acids is 3. The van der Waals surface area contributed by atoms with Crippen LogP contribution in [0, 0.1) is 0 Å². The first-order valence-electron chi connectivity index (χ1n) is 27.6. The van der Waals surface area contributed by atoms with E-state index < -0.39 is 6.10 Å². The van der Waals surface area contributed by atoms with E-state index in [0.29, 0.717) is 19.3 Å². The predicted molar refractivity (Wildman–Crippen MR) is 306 cm³/mol. The fourth-order valence-electron chi connectivity index (χ4n) is 6.62. The Bertz CT molecular complexity index is 1690. The molecule has 0 aromatic rings. The van der Waals surface area contributed by atoms with Crippen LogP contribution in [0.5, 0.6) is 0 Å². The lowest BCUT2D eigenvalue weighted by molar-refractivity contribution is -0.166. The van der Waals surface area contributed by atoms with E-state index in [-0.39, 0.29) is 50.4 Å². The van der Waals surface area contributed by atoms with Gasteiger partial charge in [0.1, 0.15) is 13.2 Å². The molecule has 0 aromatic heterocycles. The molecule has 0 saturated heterocycles. The molecule has 0 radical (unpaired) electrons. The van der Waals surface area contributed by atoms with Crippen molar-refractivity contribution in [2.24, 2.45) is 0 Å². The highest BCUT2D eigenvalue weighted by Crippen LogP contribution is 2.10. The van der Waals surface area contributed by atoms with Crippen molar-refractivity contribution in [1.82, 2.24) is 0 Å². The van der Waals surface area contributed by atoms with Crippen LogP contribution in [0.1, 0.15) is 201 Å². The summed E-state index contributed by atoms with van der Waals surface area (Å²) in [6.45, 7) is 6.23. The zero-order valence-corrected chi connectivity index (χ0v) is 44.9. The van der Waals surface area contributed by atoms with Crippen LogP contribution in [0.15, 0.2) is 170 Å². The van der Waals surface area contributed by atoms with Gasteiger partial charge in [-0.05, 0) is 141 Å². The van der Waals surface area contributed by atoms with Crippen LogP contribution in [0.3, 0.4) is 0 Å². The molecule has 0 spiro atoms. The van der Waals surface area contributed by atoms with Crippen LogP contribution >= 0.6 is 0 Å². The number of rotatable bonds is 47. The summed E-state index contributed by atoms with van der Waals surface area (Å²) < 4.78 is 16.7. The Hall–Kier alpha value is -5.23. The van der Waals surface area contributed by atoms with Crippen molar-refractivity contribution in [3.05, 3.63) is 170 Å². The van der Waals surface area contributed by atoms with Gasteiger partial charge in [-0.2, -0.15) is 0 Å². The number of esters is 3. The smallest absolute Gasteiger partial charge is 0.306 e. The number of allylic oxidation sites excluding steroid dienone is 28. The van der Waals surface area contributed by atoms with Gasteiger partial charge in [-0.1, -0.05) is 210 Å². The van der Waals surface area contributed by atoms with Gasteiger partial charge in [-0.15, -0.1) is 0 Å². The normalized spacial score (nSPS) is 13.5. The average molecular weight is 975 g/mol. The number of ether oxygens (including phenoxy) is 3. The molecule has 0 amide bonds. The zero-order valence-electron chi connectivity index (χ0n) is 44.9. The minimum absolute atomic E-state index is 0.144. The summed E-state index contributed by atoms with van der Waals surface area (Å²) in [5.74, 6) is -1.11. The Balaban J connectivity index is 4.67. The third-order valence-electron chi connectivity index (χ3n) is 10.7. The Morgan fingerprint density at radius 3 is 0.944 bits per heavy atom. The molecule has 0 heterocycles. The summed E-state index contributed by atoms with van der Waals surface area (Å²) in [6, 6.07) is 0. The second-order valence-corrected chi connectivity index (χ2v) is 17.4. The lowest BCUT2D eigenvalue weighted by Crippen LogP contribution is -2.30. The molecule has 0 N–H and O–H groups in total. The van der Waals surface area contributed by atoms with Gasteiger partial charge in [0.15, 0.2) is 6.10 Å². The highest BCUT2D eigenvalue weighted by Gasteiger charge is 2.19. The maximum absolute atomic E-state index is 12.8. The molecule has 0 bridgehead atoms. The molecule has 0 aliphatic heterocycles. The Kier molecular flexibility index (Phi) is 53.1. The Labute approximate surface area is 434 Å². The van der Waals surface area contributed by atoms with Crippen molar-refractivity contribution in [1.29, 1.82) is 0 Å². The maximum Gasteiger partial charge on any atom is 0.306 e. The molecule has 0 aromatic carbocycles. The summed E-state index contributed by atoms with van der Waals surface area (Å²) in [4.78, 5) is 38.1. The molecule has 0 saturated carbocycles. The minimum atomic E-state index is -0.852. The second-order valence-electron chi connectivity index (χ2n) is 17.4. The molecular formula is C65H98O6. The first-order chi connectivity index (χ1) is 35.0. The van der Waals surface area contributed by atoms with Crippen LogP contribution in [0.2, 0.25) is 0 Å². The van der Waals surface area contributed by atoms with E-state index in [1.165, 1.54) is 25.7 Å². The zero-order chi connectivity index (χ0) is 51.4. The Morgan fingerprint density at radius 2 is 0.577 bits per heavy atom. The molecule has 1 atom stereocenters. The highest BCUT2D eigenvalue weighted by atomic mass is 16.6. The van der Waals surface area contributed by atoms with Gasteiger partial charge in [0.25, 0.3) is 0 Å². The molecule has 394 valence electrons. The third kappa shape index (κ3) is 55.6. The molecule has 0 rings (SSSR count).